The molecule has 1 aromatic heterocycles. The number of aryl methyl sites for hydroxylation is 1. The van der Waals surface area contributed by atoms with Gasteiger partial charge < -0.3 is 4.90 Å². The number of hydrogen-bond acceptors (Lipinski definition) is 5. The maximum absolute atomic E-state index is 12.2. The second-order valence-electron chi connectivity index (χ2n) is 5.80. The summed E-state index contributed by atoms with van der Waals surface area (Å²) in [5.41, 5.74) is 0.869. The number of nitrogens with zero attached hydrogens (tertiary/aromatic N) is 4. The van der Waals surface area contributed by atoms with Crippen molar-refractivity contribution in [3.05, 3.63) is 42.2 Å². The summed E-state index contributed by atoms with van der Waals surface area (Å²) in [4.78, 5) is 14.0. The lowest BCUT2D eigenvalue weighted by atomic mass is 10.1. The average Bonchev–Trinajstić information content (AvgIpc) is 2.99. The number of likely N-dealkylation sites (tertiary alicyclic amines) is 1. The van der Waals surface area contributed by atoms with Crippen LogP contribution in [-0.2, 0) is 14.8 Å². The highest BCUT2D eigenvalue weighted by molar-refractivity contribution is 7.89. The molecule has 1 aliphatic heterocycles. The lowest BCUT2D eigenvalue weighted by Gasteiger charge is -2.38. The van der Waals surface area contributed by atoms with E-state index in [0.29, 0.717) is 13.1 Å². The smallest absolute Gasteiger partial charge is 0.240 e. The summed E-state index contributed by atoms with van der Waals surface area (Å²) in [7, 11) is -3.58. The zero-order valence-corrected chi connectivity index (χ0v) is 14.1. The van der Waals surface area contributed by atoms with Gasteiger partial charge in [-0.3, -0.25) is 4.79 Å². The summed E-state index contributed by atoms with van der Waals surface area (Å²) in [6, 6.07) is 6.81. The fourth-order valence-electron chi connectivity index (χ4n) is 2.55. The fraction of sp³-hybridized carbons (Fsp3) is 0.400. The molecule has 0 aliphatic carbocycles. The molecular formula is C15H19N5O3S. The molecule has 3 rings (SSSR count). The van der Waals surface area contributed by atoms with Crippen LogP contribution in [0, 0.1) is 6.92 Å². The highest BCUT2D eigenvalue weighted by Crippen LogP contribution is 2.20. The molecule has 0 bridgehead atoms. The molecule has 0 radical (unpaired) electrons. The van der Waals surface area contributed by atoms with Gasteiger partial charge in [0.15, 0.2) is 0 Å². The molecular weight excluding hydrogens is 330 g/mol. The number of carbonyl (C=O) groups is 1. The van der Waals surface area contributed by atoms with Crippen LogP contribution in [0.3, 0.4) is 0 Å². The monoisotopic (exact) mass is 349 g/mol. The predicted octanol–water partition coefficient (Wildman–Crippen LogP) is 0.338. The van der Waals surface area contributed by atoms with E-state index < -0.39 is 10.0 Å². The van der Waals surface area contributed by atoms with Crippen molar-refractivity contribution in [3.8, 4) is 0 Å². The third-order valence-corrected chi connectivity index (χ3v) is 5.42. The molecule has 1 saturated heterocycles. The van der Waals surface area contributed by atoms with E-state index >= 15 is 0 Å². The molecule has 24 heavy (non-hydrogen) atoms. The maximum atomic E-state index is 12.2. The SMILES string of the molecule is Cc1cccc(S(=O)(=O)NCCC(=O)N2CC(n3ccnn3)C2)c1. The lowest BCUT2D eigenvalue weighted by molar-refractivity contribution is -0.137. The summed E-state index contributed by atoms with van der Waals surface area (Å²) in [5.74, 6) is -0.0710. The molecule has 2 aromatic rings. The van der Waals surface area contributed by atoms with Gasteiger partial charge in [-0.05, 0) is 24.6 Å². The Morgan fingerprint density at radius 3 is 2.83 bits per heavy atom. The zero-order valence-electron chi connectivity index (χ0n) is 13.3. The standard InChI is InChI=1S/C15H19N5O3S/c1-12-3-2-4-14(9-12)24(22,23)17-6-5-15(21)19-10-13(11-19)20-8-7-16-18-20/h2-4,7-9,13,17H,5-6,10-11H2,1H3. The Hall–Kier alpha value is -2.26. The molecule has 1 aromatic carbocycles. The molecule has 1 amide bonds. The van der Waals surface area contributed by atoms with Crippen LogP contribution in [0.15, 0.2) is 41.6 Å². The van der Waals surface area contributed by atoms with Crippen LogP contribution in [0.5, 0.6) is 0 Å². The Bertz CT molecular complexity index is 813. The number of sulfonamides is 1. The van der Waals surface area contributed by atoms with E-state index in [0.717, 1.165) is 5.56 Å². The molecule has 0 unspecified atom stereocenters. The van der Waals surface area contributed by atoms with E-state index in [9.17, 15) is 13.2 Å². The van der Waals surface area contributed by atoms with Crippen LogP contribution in [0.4, 0.5) is 0 Å². The average molecular weight is 349 g/mol. The van der Waals surface area contributed by atoms with Crippen LogP contribution in [0.2, 0.25) is 0 Å². The van der Waals surface area contributed by atoms with Crippen molar-refractivity contribution in [1.82, 2.24) is 24.6 Å². The molecule has 128 valence electrons. The molecule has 0 saturated carbocycles. The first-order valence-corrected chi connectivity index (χ1v) is 9.14. The Morgan fingerprint density at radius 2 is 2.17 bits per heavy atom. The molecule has 1 N–H and O–H groups in total. The molecule has 0 atom stereocenters. The van der Waals surface area contributed by atoms with Crippen LogP contribution in [0.25, 0.3) is 0 Å². The number of rotatable bonds is 6. The first-order valence-electron chi connectivity index (χ1n) is 7.65. The predicted molar refractivity (Wildman–Crippen MR) is 86.6 cm³/mol. The number of nitrogens with one attached hydrogen (secondary N) is 1. The van der Waals surface area contributed by atoms with Gasteiger partial charge in [0, 0.05) is 32.3 Å². The Labute approximate surface area is 140 Å². The second-order valence-corrected chi connectivity index (χ2v) is 7.57. The highest BCUT2D eigenvalue weighted by atomic mass is 32.2. The number of hydrogen-bond donors (Lipinski definition) is 1. The third kappa shape index (κ3) is 3.62. The van der Waals surface area contributed by atoms with E-state index in [1.165, 1.54) is 6.07 Å². The molecule has 9 heteroatoms. The Morgan fingerprint density at radius 1 is 1.38 bits per heavy atom. The Balaban J connectivity index is 1.46. The molecule has 0 spiro atoms. The number of amides is 1. The van der Waals surface area contributed by atoms with Gasteiger partial charge in [-0.25, -0.2) is 17.8 Å². The van der Waals surface area contributed by atoms with E-state index in [2.05, 4.69) is 15.0 Å². The molecule has 2 heterocycles. The van der Waals surface area contributed by atoms with Crippen molar-refractivity contribution >= 4 is 15.9 Å². The molecule has 1 aliphatic rings. The van der Waals surface area contributed by atoms with Crippen molar-refractivity contribution in [3.63, 3.8) is 0 Å². The largest absolute Gasteiger partial charge is 0.338 e. The van der Waals surface area contributed by atoms with Crippen molar-refractivity contribution in [1.29, 1.82) is 0 Å². The quantitative estimate of drug-likeness (QED) is 0.811. The summed E-state index contributed by atoms with van der Waals surface area (Å²) < 4.78 is 28.5. The number of benzene rings is 1. The minimum absolute atomic E-state index is 0.0710. The van der Waals surface area contributed by atoms with Crippen LogP contribution >= 0.6 is 0 Å². The van der Waals surface area contributed by atoms with Crippen molar-refractivity contribution < 1.29 is 13.2 Å². The van der Waals surface area contributed by atoms with Gasteiger partial charge in [-0.15, -0.1) is 5.10 Å². The fourth-order valence-corrected chi connectivity index (χ4v) is 3.69. The number of carbonyl (C=O) groups excluding carboxylic acids is 1. The van der Waals surface area contributed by atoms with Gasteiger partial charge >= 0.3 is 0 Å². The Kier molecular flexibility index (Phi) is 4.63. The maximum Gasteiger partial charge on any atom is 0.240 e. The van der Waals surface area contributed by atoms with Gasteiger partial charge in [0.25, 0.3) is 0 Å². The van der Waals surface area contributed by atoms with E-state index in [1.54, 1.807) is 34.1 Å². The van der Waals surface area contributed by atoms with Crippen molar-refractivity contribution in [2.75, 3.05) is 19.6 Å². The highest BCUT2D eigenvalue weighted by Gasteiger charge is 2.32. The van der Waals surface area contributed by atoms with Gasteiger partial charge in [-0.2, -0.15) is 0 Å². The lowest BCUT2D eigenvalue weighted by Crippen LogP contribution is -2.51. The minimum atomic E-state index is -3.58. The van der Waals surface area contributed by atoms with Crippen LogP contribution in [0.1, 0.15) is 18.0 Å². The summed E-state index contributed by atoms with van der Waals surface area (Å²) >= 11 is 0. The van der Waals surface area contributed by atoms with Crippen molar-refractivity contribution in [2.45, 2.75) is 24.3 Å². The normalized spacial score (nSPS) is 15.3. The zero-order chi connectivity index (χ0) is 17.2. The van der Waals surface area contributed by atoms with Gasteiger partial charge in [0.2, 0.25) is 15.9 Å². The first-order chi connectivity index (χ1) is 11.5. The van der Waals surface area contributed by atoms with Crippen LogP contribution < -0.4 is 4.72 Å². The van der Waals surface area contributed by atoms with Gasteiger partial charge in [-0.1, -0.05) is 17.3 Å². The van der Waals surface area contributed by atoms with E-state index in [-0.39, 0.29) is 29.8 Å². The number of aromatic nitrogens is 3. The van der Waals surface area contributed by atoms with Gasteiger partial charge in [0.1, 0.15) is 0 Å². The second kappa shape index (κ2) is 6.70. The summed E-state index contributed by atoms with van der Waals surface area (Å²) in [6.45, 7) is 3.07. The summed E-state index contributed by atoms with van der Waals surface area (Å²) in [6.07, 6.45) is 3.50. The van der Waals surface area contributed by atoms with Crippen LogP contribution in [-0.4, -0.2) is 53.9 Å². The summed E-state index contributed by atoms with van der Waals surface area (Å²) in [5, 5.41) is 7.64. The van der Waals surface area contributed by atoms with Gasteiger partial charge in [0.05, 0.1) is 17.1 Å². The first kappa shape index (κ1) is 16.6. The third-order valence-electron chi connectivity index (χ3n) is 3.96. The van der Waals surface area contributed by atoms with E-state index in [4.69, 9.17) is 0 Å². The van der Waals surface area contributed by atoms with Crippen molar-refractivity contribution in [2.24, 2.45) is 0 Å². The molecule has 1 fully saturated rings. The molecule has 8 nitrogen and oxygen atoms in total. The topological polar surface area (TPSA) is 97.2 Å². The van der Waals surface area contributed by atoms with E-state index in [1.807, 2.05) is 13.0 Å². The minimum Gasteiger partial charge on any atom is -0.338 e.